The molecule has 29 heavy (non-hydrogen) atoms. The fraction of sp³-hybridized carbons (Fsp3) is 0.235. The molecule has 150 valence electrons. The van der Waals surface area contributed by atoms with Gasteiger partial charge in [-0.3, -0.25) is 4.84 Å². The lowest BCUT2D eigenvalue weighted by molar-refractivity contribution is -0.107. The van der Waals surface area contributed by atoms with Crippen molar-refractivity contribution in [2.75, 3.05) is 19.7 Å². The van der Waals surface area contributed by atoms with Crippen LogP contribution in [0.1, 0.15) is 9.80 Å². The number of hydrogen-bond acceptors (Lipinski definition) is 8. The van der Waals surface area contributed by atoms with Crippen LogP contribution in [0.15, 0.2) is 36.4 Å². The molecule has 4 rings (SSSR count). The van der Waals surface area contributed by atoms with Crippen LogP contribution in [0.5, 0.6) is 0 Å². The highest BCUT2D eigenvalue weighted by molar-refractivity contribution is 7.12. The lowest BCUT2D eigenvalue weighted by Crippen LogP contribution is -2.33. The summed E-state index contributed by atoms with van der Waals surface area (Å²) in [6.45, 7) is 4.77. The first-order chi connectivity index (χ1) is 14.0. The van der Waals surface area contributed by atoms with E-state index in [1.165, 1.54) is 5.06 Å². The zero-order chi connectivity index (χ0) is 20.5. The van der Waals surface area contributed by atoms with Crippen molar-refractivity contribution in [1.82, 2.24) is 24.7 Å². The topological polar surface area (TPSA) is 133 Å². The van der Waals surface area contributed by atoms with Gasteiger partial charge < -0.3 is 15.4 Å². The van der Waals surface area contributed by atoms with Gasteiger partial charge in [0.1, 0.15) is 11.4 Å². The first kappa shape index (κ1) is 18.8. The highest BCUT2D eigenvalue weighted by atomic mass is 32.1. The van der Waals surface area contributed by atoms with Gasteiger partial charge in [-0.25, -0.2) is 24.0 Å². The van der Waals surface area contributed by atoms with Gasteiger partial charge in [0, 0.05) is 18.1 Å². The number of hydroxylamine groups is 2. The largest absolute Gasteiger partial charge is 0.412 e. The first-order valence-electron chi connectivity index (χ1n) is 8.52. The number of aromatic nitrogens is 3. The smallest absolute Gasteiger partial charge is 0.371 e. The van der Waals surface area contributed by atoms with E-state index in [4.69, 9.17) is 10.6 Å². The number of amides is 3. The number of rotatable bonds is 6. The van der Waals surface area contributed by atoms with Gasteiger partial charge in [0.2, 0.25) is 5.01 Å². The fourth-order valence-corrected chi connectivity index (χ4v) is 3.74. The summed E-state index contributed by atoms with van der Waals surface area (Å²) < 4.78 is 5.97. The van der Waals surface area contributed by atoms with E-state index in [9.17, 15) is 14.4 Å². The molecule has 11 nitrogen and oxygen atoms in total. The highest BCUT2D eigenvalue weighted by Crippen LogP contribution is 2.28. The number of primary amides is 1. The van der Waals surface area contributed by atoms with Gasteiger partial charge in [0.05, 0.1) is 24.9 Å². The third kappa shape index (κ3) is 3.62. The van der Waals surface area contributed by atoms with Crippen molar-refractivity contribution in [2.45, 2.75) is 6.04 Å². The monoisotopic (exact) mass is 416 g/mol. The molecule has 1 saturated heterocycles. The molecule has 4 heterocycles. The molecular formula is C17H16N6O5S. The summed E-state index contributed by atoms with van der Waals surface area (Å²) in [5.41, 5.74) is 6.63. The maximum atomic E-state index is 12.4. The SMILES string of the molecule is C=CCON1C(=O)N2CC(n3ccc(-c4csc(C(=O)OC(N)=O)n4)n3)=CC1C2. The molecule has 2 aromatic rings. The van der Waals surface area contributed by atoms with E-state index < -0.39 is 12.1 Å². The molecule has 1 atom stereocenters. The number of carbonyl (C=O) groups is 3. The van der Waals surface area contributed by atoms with E-state index in [0.29, 0.717) is 24.5 Å². The summed E-state index contributed by atoms with van der Waals surface area (Å²) >= 11 is 1.02. The summed E-state index contributed by atoms with van der Waals surface area (Å²) in [6.07, 6.45) is 4.06. The predicted molar refractivity (Wildman–Crippen MR) is 101 cm³/mol. The zero-order valence-electron chi connectivity index (χ0n) is 15.1. The average Bonchev–Trinajstić information content (AvgIpc) is 3.40. The molecule has 0 spiro atoms. The lowest BCUT2D eigenvalue weighted by Gasteiger charge is -2.21. The second-order valence-electron chi connectivity index (χ2n) is 6.19. The Kier molecular flexibility index (Phi) is 4.86. The van der Waals surface area contributed by atoms with Gasteiger partial charge in [0.25, 0.3) is 0 Å². The van der Waals surface area contributed by atoms with E-state index in [-0.39, 0.29) is 23.7 Å². The van der Waals surface area contributed by atoms with Gasteiger partial charge in [-0.2, -0.15) is 10.2 Å². The predicted octanol–water partition coefficient (Wildman–Crippen LogP) is 1.32. The summed E-state index contributed by atoms with van der Waals surface area (Å²) in [7, 11) is 0. The van der Waals surface area contributed by atoms with Crippen molar-refractivity contribution in [2.24, 2.45) is 5.73 Å². The summed E-state index contributed by atoms with van der Waals surface area (Å²) in [5.74, 6) is -0.911. The Morgan fingerprint density at radius 1 is 1.41 bits per heavy atom. The van der Waals surface area contributed by atoms with Crippen LogP contribution < -0.4 is 5.73 Å². The van der Waals surface area contributed by atoms with Gasteiger partial charge >= 0.3 is 18.1 Å². The molecular weight excluding hydrogens is 400 g/mol. The quantitative estimate of drug-likeness (QED) is 0.426. The number of fused-ring (bicyclic) bond motifs is 2. The molecule has 2 bridgehead atoms. The second-order valence-corrected chi connectivity index (χ2v) is 7.05. The number of esters is 1. The number of ether oxygens (including phenoxy) is 1. The maximum absolute atomic E-state index is 12.4. The fourth-order valence-electron chi connectivity index (χ4n) is 3.06. The van der Waals surface area contributed by atoms with Crippen molar-refractivity contribution >= 4 is 35.1 Å². The third-order valence-electron chi connectivity index (χ3n) is 4.25. The van der Waals surface area contributed by atoms with Gasteiger partial charge in [-0.15, -0.1) is 17.9 Å². The van der Waals surface area contributed by atoms with Crippen molar-refractivity contribution in [3.8, 4) is 11.4 Å². The van der Waals surface area contributed by atoms with Gasteiger partial charge in [0.15, 0.2) is 0 Å². The average molecular weight is 416 g/mol. The van der Waals surface area contributed by atoms with Crippen LogP contribution in [-0.4, -0.2) is 68.6 Å². The Bertz CT molecular complexity index is 1030. The number of thiazole rings is 1. The van der Waals surface area contributed by atoms with Crippen LogP contribution in [-0.2, 0) is 9.57 Å². The van der Waals surface area contributed by atoms with E-state index in [2.05, 4.69) is 21.4 Å². The molecule has 3 amide bonds. The molecule has 0 aromatic carbocycles. The molecule has 2 N–H and O–H groups in total. The van der Waals surface area contributed by atoms with Crippen molar-refractivity contribution < 1.29 is 24.0 Å². The highest BCUT2D eigenvalue weighted by Gasteiger charge is 2.41. The Morgan fingerprint density at radius 2 is 2.24 bits per heavy atom. The minimum absolute atomic E-state index is 0.00464. The molecule has 0 radical (unpaired) electrons. The molecule has 0 saturated carbocycles. The number of carbonyl (C=O) groups excluding carboxylic acids is 3. The molecule has 2 aliphatic heterocycles. The Hall–Kier alpha value is -3.51. The molecule has 1 unspecified atom stereocenters. The van der Waals surface area contributed by atoms with Gasteiger partial charge in [-0.1, -0.05) is 6.08 Å². The van der Waals surface area contributed by atoms with Crippen molar-refractivity contribution in [3.63, 3.8) is 0 Å². The van der Waals surface area contributed by atoms with E-state index >= 15 is 0 Å². The van der Waals surface area contributed by atoms with Crippen molar-refractivity contribution in [3.05, 3.63) is 41.4 Å². The Morgan fingerprint density at radius 3 is 3.00 bits per heavy atom. The molecule has 2 aliphatic rings. The summed E-state index contributed by atoms with van der Waals surface area (Å²) in [4.78, 5) is 46.0. The van der Waals surface area contributed by atoms with Gasteiger partial charge in [-0.05, 0) is 12.1 Å². The minimum atomic E-state index is -1.19. The lowest BCUT2D eigenvalue weighted by atomic mass is 10.2. The van der Waals surface area contributed by atoms with Crippen LogP contribution in [0.2, 0.25) is 0 Å². The number of hydrogen-bond donors (Lipinski definition) is 1. The van der Waals surface area contributed by atoms with Crippen LogP contribution in [0.3, 0.4) is 0 Å². The number of nitrogens with two attached hydrogens (primary N) is 1. The van der Waals surface area contributed by atoms with E-state index in [1.54, 1.807) is 33.3 Å². The molecule has 2 aromatic heterocycles. The molecule has 0 aliphatic carbocycles. The van der Waals surface area contributed by atoms with Crippen LogP contribution in [0, 0.1) is 0 Å². The van der Waals surface area contributed by atoms with Crippen LogP contribution >= 0.6 is 11.3 Å². The third-order valence-corrected chi connectivity index (χ3v) is 5.08. The Labute approximate surface area is 168 Å². The zero-order valence-corrected chi connectivity index (χ0v) is 15.9. The van der Waals surface area contributed by atoms with E-state index in [1.807, 2.05) is 6.08 Å². The van der Waals surface area contributed by atoms with Crippen LogP contribution in [0.4, 0.5) is 9.59 Å². The van der Waals surface area contributed by atoms with Crippen LogP contribution in [0.25, 0.3) is 17.1 Å². The molecule has 1 fully saturated rings. The standard InChI is InChI=1S/C17H16N6O5S/c1-2-5-27-23-11-6-10(7-21(8-11)17(23)26)22-4-3-12(20-22)13-9-29-14(19-13)15(24)28-16(18)25/h2-4,6,9,11H,1,5,7-8H2,(H2,18,25). The normalized spacial score (nSPS) is 18.0. The maximum Gasteiger partial charge on any atom is 0.412 e. The van der Waals surface area contributed by atoms with Crippen molar-refractivity contribution in [1.29, 1.82) is 0 Å². The minimum Gasteiger partial charge on any atom is -0.371 e. The Balaban J connectivity index is 1.52. The summed E-state index contributed by atoms with van der Waals surface area (Å²) in [6, 6.07) is 1.32. The summed E-state index contributed by atoms with van der Waals surface area (Å²) in [5, 5.41) is 7.45. The first-order valence-corrected chi connectivity index (χ1v) is 9.40. The molecule has 12 heteroatoms. The van der Waals surface area contributed by atoms with E-state index in [0.717, 1.165) is 17.0 Å². The second kappa shape index (κ2) is 7.48. The number of urea groups is 1. The number of nitrogens with zero attached hydrogens (tertiary/aromatic N) is 5.